The third-order valence-corrected chi connectivity index (χ3v) is 6.24. The van der Waals surface area contributed by atoms with Crippen LogP contribution in [0.15, 0.2) is 60.7 Å². The lowest BCUT2D eigenvalue weighted by atomic mass is 9.72. The van der Waals surface area contributed by atoms with Gasteiger partial charge in [-0.05, 0) is 36.3 Å². The van der Waals surface area contributed by atoms with E-state index in [9.17, 15) is 9.90 Å². The molecule has 2 aromatic rings. The average Bonchev–Trinajstić information content (AvgIpc) is 2.77. The van der Waals surface area contributed by atoms with E-state index in [0.717, 1.165) is 56.3 Å². The quantitative estimate of drug-likeness (QED) is 0.736. The highest BCUT2D eigenvalue weighted by molar-refractivity contribution is 5.78. The number of hydrogen-bond acceptors (Lipinski definition) is 2. The molecule has 3 rings (SSSR count). The number of carbonyl (C=O) groups excluding carboxylic acids is 1. The van der Waals surface area contributed by atoms with Crippen LogP contribution in [0.1, 0.15) is 57.1 Å². The molecule has 0 saturated carbocycles. The fourth-order valence-electron chi connectivity index (χ4n) is 4.49. The highest BCUT2D eigenvalue weighted by Crippen LogP contribution is 2.42. The summed E-state index contributed by atoms with van der Waals surface area (Å²) in [5.74, 6) is 0.459. The van der Waals surface area contributed by atoms with Gasteiger partial charge in [-0.25, -0.2) is 0 Å². The Hall–Kier alpha value is -2.13. The summed E-state index contributed by atoms with van der Waals surface area (Å²) in [5, 5.41) is 11.9. The van der Waals surface area contributed by atoms with Crippen molar-refractivity contribution >= 4 is 5.91 Å². The summed E-state index contributed by atoms with van der Waals surface area (Å²) >= 11 is 0. The Kier molecular flexibility index (Phi) is 6.90. The van der Waals surface area contributed by atoms with E-state index in [-0.39, 0.29) is 17.7 Å². The van der Waals surface area contributed by atoms with Crippen LogP contribution in [0.25, 0.3) is 0 Å². The first-order valence-electron chi connectivity index (χ1n) is 10.7. The molecule has 1 aliphatic heterocycles. The van der Waals surface area contributed by atoms with Gasteiger partial charge in [-0.15, -0.1) is 0 Å². The molecule has 1 heterocycles. The SMILES string of the molecule is CCCCC(C)C(=O)N1CCC(C(O)(c2ccccc2)c2ccccc2)CC1. The zero-order valence-corrected chi connectivity index (χ0v) is 17.2. The molecule has 0 spiro atoms. The molecule has 1 saturated heterocycles. The van der Waals surface area contributed by atoms with Crippen LogP contribution in [0.2, 0.25) is 0 Å². The van der Waals surface area contributed by atoms with Crippen LogP contribution in [0.3, 0.4) is 0 Å². The molecule has 0 aromatic heterocycles. The maximum absolute atomic E-state index is 12.8. The minimum atomic E-state index is -1.02. The van der Waals surface area contributed by atoms with Crippen molar-refractivity contribution in [2.45, 2.75) is 51.6 Å². The highest BCUT2D eigenvalue weighted by atomic mass is 16.3. The van der Waals surface area contributed by atoms with Gasteiger partial charge in [0.15, 0.2) is 0 Å². The number of benzene rings is 2. The second kappa shape index (κ2) is 9.38. The van der Waals surface area contributed by atoms with Crippen LogP contribution >= 0.6 is 0 Å². The molecule has 1 fully saturated rings. The number of carbonyl (C=O) groups is 1. The first-order chi connectivity index (χ1) is 13.6. The van der Waals surface area contributed by atoms with Gasteiger partial charge < -0.3 is 10.0 Å². The van der Waals surface area contributed by atoms with Crippen molar-refractivity contribution in [3.8, 4) is 0 Å². The van der Waals surface area contributed by atoms with Gasteiger partial charge in [0.25, 0.3) is 0 Å². The van der Waals surface area contributed by atoms with Gasteiger partial charge >= 0.3 is 0 Å². The molecule has 1 N–H and O–H groups in total. The molecule has 1 atom stereocenters. The molecule has 0 radical (unpaired) electrons. The zero-order chi connectivity index (χ0) is 20.0. The van der Waals surface area contributed by atoms with Gasteiger partial charge in [-0.1, -0.05) is 87.4 Å². The van der Waals surface area contributed by atoms with Crippen molar-refractivity contribution in [1.29, 1.82) is 0 Å². The van der Waals surface area contributed by atoms with Crippen LogP contribution in [0.4, 0.5) is 0 Å². The Morgan fingerprint density at radius 2 is 1.54 bits per heavy atom. The fourth-order valence-corrected chi connectivity index (χ4v) is 4.49. The molecule has 150 valence electrons. The maximum atomic E-state index is 12.8. The summed E-state index contributed by atoms with van der Waals surface area (Å²) in [4.78, 5) is 14.8. The summed E-state index contributed by atoms with van der Waals surface area (Å²) in [6, 6.07) is 19.9. The molecule has 1 amide bonds. The van der Waals surface area contributed by atoms with E-state index in [4.69, 9.17) is 0 Å². The van der Waals surface area contributed by atoms with Crippen LogP contribution in [-0.4, -0.2) is 29.0 Å². The summed E-state index contributed by atoms with van der Waals surface area (Å²) in [6.07, 6.45) is 4.82. The van der Waals surface area contributed by atoms with E-state index >= 15 is 0 Å². The molecule has 2 aromatic carbocycles. The number of likely N-dealkylation sites (tertiary alicyclic amines) is 1. The Morgan fingerprint density at radius 1 is 1.04 bits per heavy atom. The van der Waals surface area contributed by atoms with Crippen LogP contribution < -0.4 is 0 Å². The van der Waals surface area contributed by atoms with E-state index in [1.165, 1.54) is 0 Å². The zero-order valence-electron chi connectivity index (χ0n) is 17.2. The van der Waals surface area contributed by atoms with Crippen molar-refractivity contribution in [2.75, 3.05) is 13.1 Å². The standard InChI is InChI=1S/C25H33NO2/c1-3-4-11-20(2)24(27)26-18-16-23(17-19-26)25(28,21-12-7-5-8-13-21)22-14-9-6-10-15-22/h5-10,12-15,20,23,28H,3-4,11,16-19H2,1-2H3. The van der Waals surface area contributed by atoms with Crippen molar-refractivity contribution < 1.29 is 9.90 Å². The summed E-state index contributed by atoms with van der Waals surface area (Å²) < 4.78 is 0. The van der Waals surface area contributed by atoms with Gasteiger partial charge in [0.2, 0.25) is 5.91 Å². The van der Waals surface area contributed by atoms with Crippen molar-refractivity contribution in [1.82, 2.24) is 4.90 Å². The number of nitrogens with zero attached hydrogens (tertiary/aromatic N) is 1. The predicted molar refractivity (Wildman–Crippen MR) is 114 cm³/mol. The number of rotatable bonds is 7. The van der Waals surface area contributed by atoms with E-state index in [1.807, 2.05) is 72.5 Å². The second-order valence-electron chi connectivity index (χ2n) is 8.14. The number of piperidine rings is 1. The summed E-state index contributed by atoms with van der Waals surface area (Å²) in [6.45, 7) is 5.66. The Balaban J connectivity index is 1.77. The van der Waals surface area contributed by atoms with Gasteiger partial charge in [0.05, 0.1) is 0 Å². The fraction of sp³-hybridized carbons (Fsp3) is 0.480. The van der Waals surface area contributed by atoms with Gasteiger partial charge in [-0.3, -0.25) is 4.79 Å². The lowest BCUT2D eigenvalue weighted by Crippen LogP contribution is -2.47. The summed E-state index contributed by atoms with van der Waals surface area (Å²) in [7, 11) is 0. The first-order valence-corrected chi connectivity index (χ1v) is 10.7. The molecule has 28 heavy (non-hydrogen) atoms. The molecule has 1 unspecified atom stereocenters. The van der Waals surface area contributed by atoms with Crippen LogP contribution in [-0.2, 0) is 10.4 Å². The Labute approximate surface area is 169 Å². The van der Waals surface area contributed by atoms with E-state index in [0.29, 0.717) is 0 Å². The smallest absolute Gasteiger partial charge is 0.225 e. The normalized spacial score (nSPS) is 16.8. The molecular formula is C25H33NO2. The molecule has 3 heteroatoms. The Bertz CT molecular complexity index is 696. The topological polar surface area (TPSA) is 40.5 Å². The minimum absolute atomic E-state index is 0.0901. The van der Waals surface area contributed by atoms with Crippen molar-refractivity contribution in [3.63, 3.8) is 0 Å². The first kappa shape index (κ1) is 20.6. The van der Waals surface area contributed by atoms with Gasteiger partial charge in [0.1, 0.15) is 5.60 Å². The number of aliphatic hydroxyl groups is 1. The van der Waals surface area contributed by atoms with Gasteiger partial charge in [-0.2, -0.15) is 0 Å². The van der Waals surface area contributed by atoms with Crippen molar-refractivity contribution in [2.24, 2.45) is 11.8 Å². The molecule has 1 aliphatic rings. The maximum Gasteiger partial charge on any atom is 0.225 e. The predicted octanol–water partition coefficient (Wildman–Crippen LogP) is 4.99. The van der Waals surface area contributed by atoms with Crippen LogP contribution in [0.5, 0.6) is 0 Å². The van der Waals surface area contributed by atoms with E-state index in [1.54, 1.807) is 0 Å². The number of unbranched alkanes of at least 4 members (excludes halogenated alkanes) is 1. The number of hydrogen-bond donors (Lipinski definition) is 1. The average molecular weight is 380 g/mol. The molecule has 0 bridgehead atoms. The third kappa shape index (κ3) is 4.30. The minimum Gasteiger partial charge on any atom is -0.380 e. The van der Waals surface area contributed by atoms with E-state index < -0.39 is 5.60 Å². The molecule has 3 nitrogen and oxygen atoms in total. The van der Waals surface area contributed by atoms with E-state index in [2.05, 4.69) is 6.92 Å². The highest BCUT2D eigenvalue weighted by Gasteiger charge is 2.42. The largest absolute Gasteiger partial charge is 0.380 e. The molecule has 0 aliphatic carbocycles. The van der Waals surface area contributed by atoms with Crippen molar-refractivity contribution in [3.05, 3.63) is 71.8 Å². The summed E-state index contributed by atoms with van der Waals surface area (Å²) in [5.41, 5.74) is 0.843. The molecular weight excluding hydrogens is 346 g/mol. The van der Waals surface area contributed by atoms with Crippen LogP contribution in [0, 0.1) is 11.8 Å². The lowest BCUT2D eigenvalue weighted by Gasteiger charge is -2.42. The third-order valence-electron chi connectivity index (χ3n) is 6.24. The lowest BCUT2D eigenvalue weighted by molar-refractivity contribution is -0.138. The monoisotopic (exact) mass is 379 g/mol. The second-order valence-corrected chi connectivity index (χ2v) is 8.14. The Morgan fingerprint density at radius 3 is 2.00 bits per heavy atom. The van der Waals surface area contributed by atoms with Gasteiger partial charge in [0, 0.05) is 19.0 Å². The number of amides is 1.